The molecule has 0 unspecified atom stereocenters. The van der Waals surface area contributed by atoms with Crippen molar-refractivity contribution in [2.24, 2.45) is 0 Å². The van der Waals surface area contributed by atoms with E-state index in [2.05, 4.69) is 24.3 Å². The van der Waals surface area contributed by atoms with Gasteiger partial charge in [-0.25, -0.2) is 4.68 Å². The van der Waals surface area contributed by atoms with Gasteiger partial charge >= 0.3 is 0 Å². The van der Waals surface area contributed by atoms with Crippen molar-refractivity contribution in [3.05, 3.63) is 42.2 Å². The van der Waals surface area contributed by atoms with Gasteiger partial charge in [0.2, 0.25) is 5.91 Å². The SMILES string of the molecule is CO[C@H]1C[C@@H](C(=O)Nc2cnn(-c3ccccc3)c2C(C)C)N(C)C1. The largest absolute Gasteiger partial charge is 0.380 e. The molecule has 1 aliphatic rings. The molecule has 0 radical (unpaired) electrons. The Kier molecular flexibility index (Phi) is 5.20. The van der Waals surface area contributed by atoms with Crippen LogP contribution in [-0.2, 0) is 9.53 Å². The summed E-state index contributed by atoms with van der Waals surface area (Å²) in [6.45, 7) is 4.98. The number of para-hydroxylation sites is 1. The van der Waals surface area contributed by atoms with Gasteiger partial charge in [0.05, 0.1) is 35.4 Å². The van der Waals surface area contributed by atoms with Gasteiger partial charge in [0.15, 0.2) is 0 Å². The van der Waals surface area contributed by atoms with Gasteiger partial charge in [0.25, 0.3) is 0 Å². The van der Waals surface area contributed by atoms with Crippen LogP contribution in [0.5, 0.6) is 0 Å². The maximum absolute atomic E-state index is 12.8. The van der Waals surface area contributed by atoms with E-state index in [4.69, 9.17) is 4.74 Å². The molecule has 1 fully saturated rings. The lowest BCUT2D eigenvalue weighted by Gasteiger charge is -2.19. The number of methoxy groups -OCH3 is 1. The van der Waals surface area contributed by atoms with Crippen molar-refractivity contribution in [3.8, 4) is 5.69 Å². The molecule has 0 bridgehead atoms. The number of amides is 1. The minimum Gasteiger partial charge on any atom is -0.380 e. The third kappa shape index (κ3) is 3.60. The highest BCUT2D eigenvalue weighted by molar-refractivity contribution is 5.95. The number of aromatic nitrogens is 2. The maximum atomic E-state index is 12.8. The molecule has 1 amide bonds. The van der Waals surface area contributed by atoms with Crippen LogP contribution in [0.1, 0.15) is 31.9 Å². The lowest BCUT2D eigenvalue weighted by Crippen LogP contribution is -2.37. The molecule has 134 valence electrons. The highest BCUT2D eigenvalue weighted by Crippen LogP contribution is 2.28. The van der Waals surface area contributed by atoms with E-state index < -0.39 is 0 Å². The standard InChI is InChI=1S/C19H26N4O2/c1-13(2)18-16(11-20-23(18)14-8-6-5-7-9-14)21-19(24)17-10-15(25-4)12-22(17)3/h5-9,11,13,15,17H,10,12H2,1-4H3,(H,21,24)/t15-,17-/m0/s1. The van der Waals surface area contributed by atoms with Gasteiger partial charge in [-0.1, -0.05) is 32.0 Å². The summed E-state index contributed by atoms with van der Waals surface area (Å²) in [5, 5.41) is 7.58. The van der Waals surface area contributed by atoms with E-state index in [0.717, 1.165) is 23.6 Å². The van der Waals surface area contributed by atoms with E-state index in [1.54, 1.807) is 13.3 Å². The Morgan fingerprint density at radius 2 is 2.04 bits per heavy atom. The zero-order chi connectivity index (χ0) is 18.0. The minimum absolute atomic E-state index is 0.00318. The molecule has 1 aliphatic heterocycles. The Hall–Kier alpha value is -2.18. The number of hydrogen-bond donors (Lipinski definition) is 1. The van der Waals surface area contributed by atoms with Crippen LogP contribution in [-0.4, -0.2) is 53.4 Å². The molecule has 2 heterocycles. The lowest BCUT2D eigenvalue weighted by molar-refractivity contribution is -0.120. The minimum atomic E-state index is -0.176. The highest BCUT2D eigenvalue weighted by atomic mass is 16.5. The molecule has 0 aliphatic carbocycles. The molecule has 6 nitrogen and oxygen atoms in total. The smallest absolute Gasteiger partial charge is 0.241 e. The molecule has 2 aromatic rings. The Labute approximate surface area is 148 Å². The van der Waals surface area contributed by atoms with E-state index in [0.29, 0.717) is 6.42 Å². The van der Waals surface area contributed by atoms with Gasteiger partial charge in [-0.15, -0.1) is 0 Å². The summed E-state index contributed by atoms with van der Waals surface area (Å²) in [5.74, 6) is 0.225. The van der Waals surface area contributed by atoms with Gasteiger partial charge < -0.3 is 10.1 Å². The second-order valence-electron chi connectivity index (χ2n) is 6.88. The van der Waals surface area contributed by atoms with Crippen molar-refractivity contribution in [1.82, 2.24) is 14.7 Å². The fourth-order valence-electron chi connectivity index (χ4n) is 3.43. The first-order valence-electron chi connectivity index (χ1n) is 8.68. The summed E-state index contributed by atoms with van der Waals surface area (Å²) in [5.41, 5.74) is 2.77. The molecule has 2 atom stereocenters. The van der Waals surface area contributed by atoms with Gasteiger partial charge in [0.1, 0.15) is 0 Å². The summed E-state index contributed by atoms with van der Waals surface area (Å²) in [7, 11) is 3.65. The number of benzene rings is 1. The van der Waals surface area contributed by atoms with E-state index >= 15 is 0 Å². The number of carbonyl (C=O) groups excluding carboxylic acids is 1. The number of rotatable bonds is 5. The predicted molar refractivity (Wildman–Crippen MR) is 98.1 cm³/mol. The lowest BCUT2D eigenvalue weighted by atomic mass is 10.1. The Balaban J connectivity index is 1.83. The number of carbonyl (C=O) groups is 1. The fourth-order valence-corrected chi connectivity index (χ4v) is 3.43. The first-order valence-corrected chi connectivity index (χ1v) is 8.68. The third-order valence-corrected chi connectivity index (χ3v) is 4.76. The molecule has 0 spiro atoms. The van der Waals surface area contributed by atoms with Crippen LogP contribution in [0.2, 0.25) is 0 Å². The van der Waals surface area contributed by atoms with Gasteiger partial charge in [-0.05, 0) is 31.5 Å². The molecular formula is C19H26N4O2. The van der Waals surface area contributed by atoms with Gasteiger partial charge in [-0.3, -0.25) is 9.69 Å². The van der Waals surface area contributed by atoms with Gasteiger partial charge in [0, 0.05) is 13.7 Å². The molecule has 1 aromatic heterocycles. The summed E-state index contributed by atoms with van der Waals surface area (Å²) >= 11 is 0. The van der Waals surface area contributed by atoms with Crippen molar-refractivity contribution >= 4 is 11.6 Å². The third-order valence-electron chi connectivity index (χ3n) is 4.76. The molecule has 1 aromatic carbocycles. The zero-order valence-electron chi connectivity index (χ0n) is 15.3. The number of anilines is 1. The predicted octanol–water partition coefficient (Wildman–Crippen LogP) is 2.65. The van der Waals surface area contributed by atoms with Crippen LogP contribution in [0.3, 0.4) is 0 Å². The Bertz CT molecular complexity index is 726. The number of likely N-dealkylation sites (N-methyl/N-ethyl adjacent to an activating group) is 1. The second kappa shape index (κ2) is 7.37. The average Bonchev–Trinajstić information content (AvgIpc) is 3.19. The number of ether oxygens (including phenoxy) is 1. The van der Waals surface area contributed by atoms with Crippen LogP contribution in [0.25, 0.3) is 5.69 Å². The summed E-state index contributed by atoms with van der Waals surface area (Å²) in [6, 6.07) is 9.80. The summed E-state index contributed by atoms with van der Waals surface area (Å²) in [4.78, 5) is 14.8. The number of nitrogens with one attached hydrogen (secondary N) is 1. The molecule has 1 N–H and O–H groups in total. The van der Waals surface area contributed by atoms with Crippen molar-refractivity contribution < 1.29 is 9.53 Å². The van der Waals surface area contributed by atoms with Gasteiger partial charge in [-0.2, -0.15) is 5.10 Å². The summed E-state index contributed by atoms with van der Waals surface area (Å²) in [6.07, 6.45) is 2.56. The maximum Gasteiger partial charge on any atom is 0.241 e. The van der Waals surface area contributed by atoms with Crippen LogP contribution in [0.4, 0.5) is 5.69 Å². The van der Waals surface area contributed by atoms with Crippen molar-refractivity contribution in [2.75, 3.05) is 26.0 Å². The van der Waals surface area contributed by atoms with Crippen LogP contribution in [0.15, 0.2) is 36.5 Å². The fraction of sp³-hybridized carbons (Fsp3) is 0.474. The molecule has 6 heteroatoms. The summed E-state index contributed by atoms with van der Waals surface area (Å²) < 4.78 is 7.30. The van der Waals surface area contributed by atoms with Crippen LogP contribution in [0, 0.1) is 0 Å². The average molecular weight is 342 g/mol. The van der Waals surface area contributed by atoms with E-state index in [-0.39, 0.29) is 24.0 Å². The first kappa shape index (κ1) is 17.6. The van der Waals surface area contributed by atoms with Crippen LogP contribution >= 0.6 is 0 Å². The molecule has 0 saturated carbocycles. The number of hydrogen-bond acceptors (Lipinski definition) is 4. The topological polar surface area (TPSA) is 59.4 Å². The highest BCUT2D eigenvalue weighted by Gasteiger charge is 2.35. The van der Waals surface area contributed by atoms with Crippen molar-refractivity contribution in [1.29, 1.82) is 0 Å². The van der Waals surface area contributed by atoms with E-state index in [1.165, 1.54) is 0 Å². The molecule has 1 saturated heterocycles. The Morgan fingerprint density at radius 1 is 1.32 bits per heavy atom. The molecule has 3 rings (SSSR count). The molecular weight excluding hydrogens is 316 g/mol. The normalized spacial score (nSPS) is 21.0. The Morgan fingerprint density at radius 3 is 2.64 bits per heavy atom. The molecule has 25 heavy (non-hydrogen) atoms. The quantitative estimate of drug-likeness (QED) is 0.907. The van der Waals surface area contributed by atoms with E-state index in [1.807, 2.05) is 47.0 Å². The van der Waals surface area contributed by atoms with Crippen molar-refractivity contribution in [2.45, 2.75) is 38.3 Å². The monoisotopic (exact) mass is 342 g/mol. The zero-order valence-corrected chi connectivity index (χ0v) is 15.3. The number of likely N-dealkylation sites (tertiary alicyclic amines) is 1. The van der Waals surface area contributed by atoms with Crippen molar-refractivity contribution in [3.63, 3.8) is 0 Å². The van der Waals surface area contributed by atoms with Crippen LogP contribution < -0.4 is 5.32 Å². The first-order chi connectivity index (χ1) is 12.0. The second-order valence-corrected chi connectivity index (χ2v) is 6.88. The van der Waals surface area contributed by atoms with E-state index in [9.17, 15) is 4.79 Å². The number of nitrogens with zero attached hydrogens (tertiary/aromatic N) is 3.